The summed E-state index contributed by atoms with van der Waals surface area (Å²) in [5.74, 6) is 0.505. The smallest absolute Gasteiger partial charge is 0.188 e. The Bertz CT molecular complexity index is 614. The van der Waals surface area contributed by atoms with Crippen molar-refractivity contribution in [2.45, 2.75) is 25.4 Å². The number of rotatable bonds is 5. The first kappa shape index (κ1) is 13.9. The van der Waals surface area contributed by atoms with Crippen molar-refractivity contribution in [2.24, 2.45) is 10.7 Å². The van der Waals surface area contributed by atoms with Gasteiger partial charge in [0.25, 0.3) is 0 Å². The Morgan fingerprint density at radius 3 is 3.19 bits per heavy atom. The van der Waals surface area contributed by atoms with E-state index in [1.54, 1.807) is 0 Å². The van der Waals surface area contributed by atoms with Gasteiger partial charge in [0.2, 0.25) is 0 Å². The molecule has 1 fully saturated rings. The summed E-state index contributed by atoms with van der Waals surface area (Å²) in [4.78, 5) is 7.62. The Hall–Kier alpha value is -2.01. The number of para-hydroxylation sites is 1. The third-order valence-corrected chi connectivity index (χ3v) is 3.86. The molecular formula is C16H22N4O. The lowest BCUT2D eigenvalue weighted by Gasteiger charge is -2.08. The Labute approximate surface area is 124 Å². The van der Waals surface area contributed by atoms with Crippen molar-refractivity contribution >= 4 is 16.9 Å². The number of aromatic nitrogens is 1. The van der Waals surface area contributed by atoms with Gasteiger partial charge in [-0.3, -0.25) is 4.99 Å². The van der Waals surface area contributed by atoms with E-state index in [0.29, 0.717) is 12.5 Å². The fourth-order valence-corrected chi connectivity index (χ4v) is 2.71. The molecule has 1 aliphatic heterocycles. The van der Waals surface area contributed by atoms with Gasteiger partial charge in [0, 0.05) is 30.3 Å². The van der Waals surface area contributed by atoms with Gasteiger partial charge >= 0.3 is 0 Å². The summed E-state index contributed by atoms with van der Waals surface area (Å²) >= 11 is 0. The highest BCUT2D eigenvalue weighted by Gasteiger charge is 2.14. The number of H-pyrrole nitrogens is 1. The number of guanidine groups is 1. The summed E-state index contributed by atoms with van der Waals surface area (Å²) < 4.78 is 5.52. The van der Waals surface area contributed by atoms with Gasteiger partial charge in [0.05, 0.1) is 12.6 Å². The summed E-state index contributed by atoms with van der Waals surface area (Å²) in [6.07, 6.45) is 5.45. The highest BCUT2D eigenvalue weighted by Crippen LogP contribution is 2.17. The minimum Gasteiger partial charge on any atom is -0.376 e. The van der Waals surface area contributed by atoms with E-state index >= 15 is 0 Å². The van der Waals surface area contributed by atoms with Crippen molar-refractivity contribution in [3.05, 3.63) is 36.0 Å². The van der Waals surface area contributed by atoms with E-state index in [-0.39, 0.29) is 6.10 Å². The Kier molecular flexibility index (Phi) is 4.40. The lowest BCUT2D eigenvalue weighted by Crippen LogP contribution is -2.34. The van der Waals surface area contributed by atoms with Gasteiger partial charge in [-0.2, -0.15) is 0 Å². The van der Waals surface area contributed by atoms with Crippen molar-refractivity contribution in [1.82, 2.24) is 10.3 Å². The molecule has 0 spiro atoms. The lowest BCUT2D eigenvalue weighted by atomic mass is 10.1. The fraction of sp³-hybridized carbons (Fsp3) is 0.438. The third-order valence-electron chi connectivity index (χ3n) is 3.86. The molecule has 5 nitrogen and oxygen atoms in total. The molecule has 1 atom stereocenters. The molecule has 1 unspecified atom stereocenters. The molecule has 112 valence electrons. The molecule has 4 N–H and O–H groups in total. The van der Waals surface area contributed by atoms with E-state index in [2.05, 4.69) is 39.7 Å². The third kappa shape index (κ3) is 3.55. The van der Waals surface area contributed by atoms with Gasteiger partial charge in [-0.1, -0.05) is 18.2 Å². The number of aliphatic imine (C=N–C) groups is 1. The van der Waals surface area contributed by atoms with Crippen molar-refractivity contribution < 1.29 is 4.74 Å². The quantitative estimate of drug-likeness (QED) is 0.579. The molecule has 21 heavy (non-hydrogen) atoms. The monoisotopic (exact) mass is 286 g/mol. The van der Waals surface area contributed by atoms with E-state index in [1.165, 1.54) is 16.5 Å². The number of fused-ring (bicyclic) bond motifs is 1. The molecule has 1 aromatic heterocycles. The molecule has 0 amide bonds. The van der Waals surface area contributed by atoms with Crippen LogP contribution in [0.25, 0.3) is 10.9 Å². The zero-order chi connectivity index (χ0) is 14.5. The molecule has 0 saturated carbocycles. The Morgan fingerprint density at radius 1 is 1.43 bits per heavy atom. The maximum atomic E-state index is 5.88. The number of hydrogen-bond acceptors (Lipinski definition) is 2. The van der Waals surface area contributed by atoms with Crippen molar-refractivity contribution in [2.75, 3.05) is 19.7 Å². The SMILES string of the molecule is NC(=NCC1CCCO1)NCCc1c[nH]c2ccccc12. The van der Waals surface area contributed by atoms with Crippen LogP contribution in [0.15, 0.2) is 35.5 Å². The molecule has 3 rings (SSSR count). The first-order chi connectivity index (χ1) is 10.3. The standard InChI is InChI=1S/C16H22N4O/c17-16(20-11-13-4-3-9-21-13)18-8-7-12-10-19-15-6-2-1-5-14(12)15/h1-2,5-6,10,13,19H,3-4,7-9,11H2,(H3,17,18,20). The first-order valence-corrected chi connectivity index (χ1v) is 7.53. The van der Waals surface area contributed by atoms with Crippen LogP contribution < -0.4 is 11.1 Å². The summed E-state index contributed by atoms with van der Waals surface area (Å²) in [6, 6.07) is 8.32. The summed E-state index contributed by atoms with van der Waals surface area (Å²) in [6.45, 7) is 2.29. The van der Waals surface area contributed by atoms with Crippen LogP contribution in [0.5, 0.6) is 0 Å². The van der Waals surface area contributed by atoms with E-state index in [4.69, 9.17) is 10.5 Å². The average molecular weight is 286 g/mol. The maximum Gasteiger partial charge on any atom is 0.188 e. The molecule has 2 aromatic rings. The van der Waals surface area contributed by atoms with Gasteiger partial charge in [-0.25, -0.2) is 0 Å². The van der Waals surface area contributed by atoms with Gasteiger partial charge in [-0.15, -0.1) is 0 Å². The van der Waals surface area contributed by atoms with E-state index in [0.717, 1.165) is 32.4 Å². The fourth-order valence-electron chi connectivity index (χ4n) is 2.71. The number of nitrogens with two attached hydrogens (primary N) is 1. The van der Waals surface area contributed by atoms with E-state index in [9.17, 15) is 0 Å². The average Bonchev–Trinajstić information content (AvgIpc) is 3.15. The summed E-state index contributed by atoms with van der Waals surface area (Å²) in [5, 5.41) is 4.44. The van der Waals surface area contributed by atoms with Crippen molar-refractivity contribution in [1.29, 1.82) is 0 Å². The molecule has 0 bridgehead atoms. The second kappa shape index (κ2) is 6.63. The topological polar surface area (TPSA) is 75.4 Å². The van der Waals surface area contributed by atoms with Gasteiger partial charge in [0.1, 0.15) is 0 Å². The predicted molar refractivity (Wildman–Crippen MR) is 85.5 cm³/mol. The van der Waals surface area contributed by atoms with E-state index in [1.807, 2.05) is 6.07 Å². The largest absolute Gasteiger partial charge is 0.376 e. The zero-order valence-electron chi connectivity index (χ0n) is 12.1. The van der Waals surface area contributed by atoms with Crippen LogP contribution in [0.4, 0.5) is 0 Å². The molecule has 5 heteroatoms. The van der Waals surface area contributed by atoms with Crippen LogP contribution in [-0.4, -0.2) is 36.7 Å². The number of hydrogen-bond donors (Lipinski definition) is 3. The van der Waals surface area contributed by atoms with Crippen LogP contribution in [0.3, 0.4) is 0 Å². The number of aromatic amines is 1. The van der Waals surface area contributed by atoms with Crippen LogP contribution >= 0.6 is 0 Å². The molecule has 1 aromatic carbocycles. The van der Waals surface area contributed by atoms with Gasteiger partial charge < -0.3 is 20.8 Å². The zero-order valence-corrected chi connectivity index (χ0v) is 12.1. The van der Waals surface area contributed by atoms with Gasteiger partial charge in [-0.05, 0) is 30.9 Å². The lowest BCUT2D eigenvalue weighted by molar-refractivity contribution is 0.118. The highest BCUT2D eigenvalue weighted by atomic mass is 16.5. The predicted octanol–water partition coefficient (Wildman–Crippen LogP) is 1.79. The maximum absolute atomic E-state index is 5.88. The van der Waals surface area contributed by atoms with Crippen LogP contribution in [0.2, 0.25) is 0 Å². The molecule has 0 aliphatic carbocycles. The molecule has 0 radical (unpaired) electrons. The summed E-state index contributed by atoms with van der Waals surface area (Å²) in [5.41, 5.74) is 8.35. The Morgan fingerprint density at radius 2 is 2.33 bits per heavy atom. The van der Waals surface area contributed by atoms with Crippen LogP contribution in [0.1, 0.15) is 18.4 Å². The van der Waals surface area contributed by atoms with Crippen LogP contribution in [-0.2, 0) is 11.2 Å². The summed E-state index contributed by atoms with van der Waals surface area (Å²) in [7, 11) is 0. The minimum absolute atomic E-state index is 0.249. The van der Waals surface area contributed by atoms with Crippen molar-refractivity contribution in [3.63, 3.8) is 0 Å². The number of nitrogens with one attached hydrogen (secondary N) is 2. The number of nitrogens with zero attached hydrogens (tertiary/aromatic N) is 1. The second-order valence-electron chi connectivity index (χ2n) is 5.40. The molecular weight excluding hydrogens is 264 g/mol. The van der Waals surface area contributed by atoms with Gasteiger partial charge in [0.15, 0.2) is 5.96 Å². The number of ether oxygens (including phenoxy) is 1. The second-order valence-corrected chi connectivity index (χ2v) is 5.40. The van der Waals surface area contributed by atoms with Crippen LogP contribution in [0, 0.1) is 0 Å². The minimum atomic E-state index is 0.249. The van der Waals surface area contributed by atoms with Crippen molar-refractivity contribution in [3.8, 4) is 0 Å². The molecule has 2 heterocycles. The Balaban J connectivity index is 1.47. The first-order valence-electron chi connectivity index (χ1n) is 7.53. The highest BCUT2D eigenvalue weighted by molar-refractivity contribution is 5.83. The normalized spacial score (nSPS) is 19.2. The number of benzene rings is 1. The molecule has 1 saturated heterocycles. The molecule has 1 aliphatic rings. The van der Waals surface area contributed by atoms with E-state index < -0.39 is 0 Å².